The van der Waals surface area contributed by atoms with Crippen molar-refractivity contribution in [2.75, 3.05) is 16.4 Å². The minimum atomic E-state index is -0.386. The third kappa shape index (κ3) is 4.34. The summed E-state index contributed by atoms with van der Waals surface area (Å²) in [6, 6.07) is 14.1. The molecule has 0 aliphatic rings. The van der Waals surface area contributed by atoms with Crippen LogP contribution in [0.3, 0.4) is 0 Å². The molecule has 4 aromatic rings. The SMILES string of the molecule is Nc1ncncc1-c1nc(-c2cccc(NC(=O)Nc3ccccc3Cl)c2)cs1. The lowest BCUT2D eigenvalue weighted by Gasteiger charge is -2.09. The smallest absolute Gasteiger partial charge is 0.323 e. The molecule has 9 heteroatoms. The third-order valence-corrected chi connectivity index (χ3v) is 5.22. The number of para-hydroxylation sites is 1. The summed E-state index contributed by atoms with van der Waals surface area (Å²) in [5.41, 5.74) is 9.39. The first kappa shape index (κ1) is 18.9. The number of anilines is 3. The fraction of sp³-hybridized carbons (Fsp3) is 0. The van der Waals surface area contributed by atoms with Gasteiger partial charge in [0.1, 0.15) is 17.2 Å². The average molecular weight is 423 g/mol. The fourth-order valence-electron chi connectivity index (χ4n) is 2.64. The summed E-state index contributed by atoms with van der Waals surface area (Å²) in [6.45, 7) is 0. The minimum absolute atomic E-state index is 0.382. The van der Waals surface area contributed by atoms with Crippen molar-refractivity contribution >= 4 is 46.2 Å². The van der Waals surface area contributed by atoms with E-state index in [-0.39, 0.29) is 6.03 Å². The van der Waals surface area contributed by atoms with E-state index in [4.69, 9.17) is 17.3 Å². The minimum Gasteiger partial charge on any atom is -0.383 e. The Kier molecular flexibility index (Phi) is 5.37. The number of nitrogens with two attached hydrogens (primary N) is 1. The van der Waals surface area contributed by atoms with Crippen LogP contribution in [0.15, 0.2) is 66.4 Å². The summed E-state index contributed by atoms with van der Waals surface area (Å²) in [4.78, 5) is 24.9. The maximum Gasteiger partial charge on any atom is 0.323 e. The molecule has 0 atom stereocenters. The highest BCUT2D eigenvalue weighted by Gasteiger charge is 2.11. The van der Waals surface area contributed by atoms with Crippen molar-refractivity contribution in [3.05, 3.63) is 71.5 Å². The Balaban J connectivity index is 1.51. The molecule has 4 N–H and O–H groups in total. The molecule has 0 saturated heterocycles. The number of halogens is 1. The Morgan fingerprint density at radius 1 is 1.10 bits per heavy atom. The molecule has 0 radical (unpaired) electrons. The van der Waals surface area contributed by atoms with Crippen LogP contribution in [-0.2, 0) is 0 Å². The zero-order chi connectivity index (χ0) is 20.2. The van der Waals surface area contributed by atoms with E-state index in [1.165, 1.54) is 17.7 Å². The van der Waals surface area contributed by atoms with Gasteiger partial charge in [0.05, 0.1) is 22.0 Å². The number of nitrogens with one attached hydrogen (secondary N) is 2. The van der Waals surface area contributed by atoms with E-state index < -0.39 is 0 Å². The molecule has 7 nitrogen and oxygen atoms in total. The van der Waals surface area contributed by atoms with Crippen molar-refractivity contribution in [1.82, 2.24) is 15.0 Å². The maximum absolute atomic E-state index is 12.3. The normalized spacial score (nSPS) is 10.5. The van der Waals surface area contributed by atoms with Gasteiger partial charge in [-0.1, -0.05) is 35.9 Å². The quantitative estimate of drug-likeness (QED) is 0.422. The van der Waals surface area contributed by atoms with Gasteiger partial charge in [-0.3, -0.25) is 0 Å². The van der Waals surface area contributed by atoms with Crippen molar-refractivity contribution in [3.63, 3.8) is 0 Å². The molecule has 0 aliphatic carbocycles. The lowest BCUT2D eigenvalue weighted by Crippen LogP contribution is -2.19. The van der Waals surface area contributed by atoms with Crippen molar-refractivity contribution < 1.29 is 4.79 Å². The molecule has 144 valence electrons. The van der Waals surface area contributed by atoms with Gasteiger partial charge in [-0.2, -0.15) is 0 Å². The molecule has 2 amide bonds. The number of carbonyl (C=O) groups excluding carboxylic acids is 1. The van der Waals surface area contributed by atoms with Gasteiger partial charge in [0.2, 0.25) is 0 Å². The number of hydrogen-bond donors (Lipinski definition) is 3. The van der Waals surface area contributed by atoms with Crippen LogP contribution in [0.1, 0.15) is 0 Å². The van der Waals surface area contributed by atoms with Gasteiger partial charge in [-0.15, -0.1) is 11.3 Å². The average Bonchev–Trinajstić information content (AvgIpc) is 3.20. The molecule has 0 bridgehead atoms. The summed E-state index contributed by atoms with van der Waals surface area (Å²) in [7, 11) is 0. The predicted octanol–water partition coefficient (Wildman–Crippen LogP) is 5.15. The molecule has 4 rings (SSSR count). The van der Waals surface area contributed by atoms with E-state index in [9.17, 15) is 4.79 Å². The summed E-state index contributed by atoms with van der Waals surface area (Å²) in [6.07, 6.45) is 3.04. The van der Waals surface area contributed by atoms with Crippen molar-refractivity contribution in [3.8, 4) is 21.8 Å². The van der Waals surface area contributed by atoms with Gasteiger partial charge in [0, 0.05) is 22.8 Å². The van der Waals surface area contributed by atoms with Crippen LogP contribution >= 0.6 is 22.9 Å². The Hall–Kier alpha value is -3.49. The first-order valence-electron chi connectivity index (χ1n) is 8.54. The summed E-state index contributed by atoms with van der Waals surface area (Å²) in [5, 5.41) is 8.65. The number of benzene rings is 2. The monoisotopic (exact) mass is 422 g/mol. The molecule has 0 fully saturated rings. The molecule has 0 saturated carbocycles. The molecular formula is C20H15ClN6OS. The second-order valence-electron chi connectivity index (χ2n) is 6.00. The van der Waals surface area contributed by atoms with Crippen LogP contribution in [0, 0.1) is 0 Å². The number of urea groups is 1. The van der Waals surface area contributed by atoms with Crippen LogP contribution in [-0.4, -0.2) is 21.0 Å². The second kappa shape index (κ2) is 8.26. The molecule has 2 aromatic carbocycles. The number of carbonyl (C=O) groups is 1. The summed E-state index contributed by atoms with van der Waals surface area (Å²) >= 11 is 7.52. The first-order chi connectivity index (χ1) is 14.1. The van der Waals surface area contributed by atoms with Gasteiger partial charge < -0.3 is 16.4 Å². The zero-order valence-electron chi connectivity index (χ0n) is 15.0. The van der Waals surface area contributed by atoms with E-state index in [0.717, 1.165) is 16.3 Å². The highest BCUT2D eigenvalue weighted by Crippen LogP contribution is 2.31. The highest BCUT2D eigenvalue weighted by molar-refractivity contribution is 7.13. The summed E-state index contributed by atoms with van der Waals surface area (Å²) in [5.74, 6) is 0.382. The van der Waals surface area contributed by atoms with E-state index >= 15 is 0 Å². The van der Waals surface area contributed by atoms with Crippen LogP contribution in [0.4, 0.5) is 22.0 Å². The largest absolute Gasteiger partial charge is 0.383 e. The molecule has 0 unspecified atom stereocenters. The highest BCUT2D eigenvalue weighted by atomic mass is 35.5. The van der Waals surface area contributed by atoms with Crippen molar-refractivity contribution in [1.29, 1.82) is 0 Å². The Morgan fingerprint density at radius 2 is 1.97 bits per heavy atom. The van der Waals surface area contributed by atoms with Crippen LogP contribution in [0.25, 0.3) is 21.8 Å². The van der Waals surface area contributed by atoms with E-state index in [1.807, 2.05) is 23.6 Å². The number of hydrogen-bond acceptors (Lipinski definition) is 6. The van der Waals surface area contributed by atoms with Crippen molar-refractivity contribution in [2.24, 2.45) is 0 Å². The topological polar surface area (TPSA) is 106 Å². The standard InChI is InChI=1S/C20H15ClN6OS/c21-15-6-1-2-7-16(15)27-20(28)25-13-5-3-4-12(8-13)17-10-29-19(26-17)14-9-23-11-24-18(14)22/h1-11H,(H2,22,23,24)(H2,25,27,28). The number of aromatic nitrogens is 3. The third-order valence-electron chi connectivity index (χ3n) is 4.02. The van der Waals surface area contributed by atoms with Crippen molar-refractivity contribution in [2.45, 2.75) is 0 Å². The first-order valence-corrected chi connectivity index (χ1v) is 9.80. The van der Waals surface area contributed by atoms with Crippen LogP contribution < -0.4 is 16.4 Å². The molecule has 2 aromatic heterocycles. The predicted molar refractivity (Wildman–Crippen MR) is 117 cm³/mol. The van der Waals surface area contributed by atoms with E-state index in [0.29, 0.717) is 27.8 Å². The van der Waals surface area contributed by atoms with Gasteiger partial charge in [-0.25, -0.2) is 19.7 Å². The number of amides is 2. The molecular weight excluding hydrogens is 408 g/mol. The van der Waals surface area contributed by atoms with Gasteiger partial charge in [-0.05, 0) is 24.3 Å². The molecule has 29 heavy (non-hydrogen) atoms. The zero-order valence-corrected chi connectivity index (χ0v) is 16.5. The Labute approximate surface area is 175 Å². The number of nitrogens with zero attached hydrogens (tertiary/aromatic N) is 3. The van der Waals surface area contributed by atoms with E-state index in [1.54, 1.807) is 36.5 Å². The van der Waals surface area contributed by atoms with Crippen LogP contribution in [0.2, 0.25) is 5.02 Å². The second-order valence-corrected chi connectivity index (χ2v) is 7.26. The maximum atomic E-state index is 12.3. The summed E-state index contributed by atoms with van der Waals surface area (Å²) < 4.78 is 0. The Morgan fingerprint density at radius 3 is 2.79 bits per heavy atom. The van der Waals surface area contributed by atoms with Gasteiger partial charge in [0.25, 0.3) is 0 Å². The fourth-order valence-corrected chi connectivity index (χ4v) is 3.67. The van der Waals surface area contributed by atoms with E-state index in [2.05, 4.69) is 25.6 Å². The Bertz CT molecular complexity index is 1180. The number of nitrogen functional groups attached to an aromatic ring is 1. The lowest BCUT2D eigenvalue weighted by molar-refractivity contribution is 0.262. The van der Waals surface area contributed by atoms with Gasteiger partial charge >= 0.3 is 6.03 Å². The van der Waals surface area contributed by atoms with Crippen LogP contribution in [0.5, 0.6) is 0 Å². The number of thiazole rings is 1. The molecule has 0 spiro atoms. The lowest BCUT2D eigenvalue weighted by atomic mass is 10.1. The van der Waals surface area contributed by atoms with Gasteiger partial charge in [0.15, 0.2) is 0 Å². The molecule has 0 aliphatic heterocycles. The molecule has 2 heterocycles. The number of rotatable bonds is 4.